The van der Waals surface area contributed by atoms with E-state index in [9.17, 15) is 19.1 Å². The summed E-state index contributed by atoms with van der Waals surface area (Å²) in [4.78, 5) is 28.2. The average Bonchev–Trinajstić information content (AvgIpc) is 2.90. The van der Waals surface area contributed by atoms with Gasteiger partial charge in [0.15, 0.2) is 0 Å². The standard InChI is InChI=1S/C33H41FN2O5/c1-6-10-30(34)41-32(39)36(23-33(2,3)22-35(4)5)20-25(19-24-15-17-27(18-16-24)31(37)38)21-40-29-14-9-12-26-11-7-8-13-28(26)29/h7-9,11-19,30H,6,10,20-23H2,1-5H3,(H,37,38). The minimum atomic E-state index is -1.69. The van der Waals surface area contributed by atoms with Crippen molar-refractivity contribution in [3.05, 3.63) is 83.4 Å². The van der Waals surface area contributed by atoms with Crippen molar-refractivity contribution < 1.29 is 28.6 Å². The lowest BCUT2D eigenvalue weighted by atomic mass is 9.92. The van der Waals surface area contributed by atoms with Crippen LogP contribution in [0.15, 0.2) is 72.3 Å². The number of aromatic carboxylic acids is 1. The van der Waals surface area contributed by atoms with E-state index in [0.717, 1.165) is 21.9 Å². The number of nitrogens with zero attached hydrogens (tertiary/aromatic N) is 2. The second kappa shape index (κ2) is 14.6. The minimum absolute atomic E-state index is 0.128. The molecule has 41 heavy (non-hydrogen) atoms. The Morgan fingerprint density at radius 1 is 1.00 bits per heavy atom. The van der Waals surface area contributed by atoms with Crippen molar-refractivity contribution in [2.24, 2.45) is 5.41 Å². The normalized spacial score (nSPS) is 12.8. The molecule has 1 N–H and O–H groups in total. The second-order valence-electron chi connectivity index (χ2n) is 11.3. The Balaban J connectivity index is 1.95. The highest BCUT2D eigenvalue weighted by molar-refractivity contribution is 5.88. The van der Waals surface area contributed by atoms with Crippen molar-refractivity contribution in [3.63, 3.8) is 0 Å². The molecule has 0 aliphatic heterocycles. The number of carboxylic acid groups (broad SMARTS) is 1. The lowest BCUT2D eigenvalue weighted by Gasteiger charge is -2.35. The molecule has 1 unspecified atom stereocenters. The van der Waals surface area contributed by atoms with Crippen molar-refractivity contribution >= 4 is 28.9 Å². The van der Waals surface area contributed by atoms with Crippen molar-refractivity contribution in [1.82, 2.24) is 9.80 Å². The SMILES string of the molecule is CCCC(F)OC(=O)N(CC(=Cc1ccc(C(=O)O)cc1)COc1cccc2ccccc12)CC(C)(C)CN(C)C. The van der Waals surface area contributed by atoms with Crippen LogP contribution in [0.4, 0.5) is 9.18 Å². The molecule has 0 bridgehead atoms. The van der Waals surface area contributed by atoms with Crippen LogP contribution in [-0.2, 0) is 4.74 Å². The van der Waals surface area contributed by atoms with Crippen LogP contribution in [0.1, 0.15) is 49.5 Å². The molecule has 0 aromatic heterocycles. The van der Waals surface area contributed by atoms with Gasteiger partial charge in [-0.25, -0.2) is 14.0 Å². The molecule has 1 atom stereocenters. The number of alkyl halides is 1. The zero-order valence-corrected chi connectivity index (χ0v) is 24.6. The third-order valence-electron chi connectivity index (χ3n) is 6.45. The van der Waals surface area contributed by atoms with Gasteiger partial charge in [-0.1, -0.05) is 75.4 Å². The molecule has 0 aliphatic rings. The number of carbonyl (C=O) groups is 2. The topological polar surface area (TPSA) is 79.3 Å². The van der Waals surface area contributed by atoms with Crippen LogP contribution in [0.2, 0.25) is 0 Å². The van der Waals surface area contributed by atoms with E-state index in [-0.39, 0.29) is 30.6 Å². The number of hydrogen-bond donors (Lipinski definition) is 1. The molecule has 3 aromatic rings. The lowest BCUT2D eigenvalue weighted by Crippen LogP contribution is -2.45. The summed E-state index contributed by atoms with van der Waals surface area (Å²) in [5.74, 6) is -0.311. The van der Waals surface area contributed by atoms with E-state index >= 15 is 0 Å². The predicted octanol–water partition coefficient (Wildman–Crippen LogP) is 7.12. The maximum atomic E-state index is 14.4. The Morgan fingerprint density at radius 3 is 2.34 bits per heavy atom. The van der Waals surface area contributed by atoms with Gasteiger partial charge in [0.1, 0.15) is 12.4 Å². The zero-order chi connectivity index (χ0) is 30.0. The summed E-state index contributed by atoms with van der Waals surface area (Å²) in [6, 6.07) is 20.2. The van der Waals surface area contributed by atoms with Gasteiger partial charge < -0.3 is 24.4 Å². The van der Waals surface area contributed by atoms with Gasteiger partial charge in [-0.15, -0.1) is 0 Å². The third kappa shape index (κ3) is 9.90. The summed E-state index contributed by atoms with van der Waals surface area (Å²) in [6.45, 7) is 7.25. The number of ether oxygens (including phenoxy) is 2. The van der Waals surface area contributed by atoms with E-state index in [2.05, 4.69) is 0 Å². The molecule has 0 saturated carbocycles. The van der Waals surface area contributed by atoms with Gasteiger partial charge in [0.2, 0.25) is 6.36 Å². The van der Waals surface area contributed by atoms with Crippen LogP contribution in [0, 0.1) is 5.41 Å². The first kappa shape index (κ1) is 31.6. The number of benzene rings is 3. The largest absolute Gasteiger partial charge is 0.489 e. The monoisotopic (exact) mass is 564 g/mol. The Kier molecular flexibility index (Phi) is 11.3. The first-order valence-electron chi connectivity index (χ1n) is 13.8. The van der Waals surface area contributed by atoms with Crippen LogP contribution in [0.25, 0.3) is 16.8 Å². The maximum absolute atomic E-state index is 14.4. The highest BCUT2D eigenvalue weighted by Gasteiger charge is 2.29. The summed E-state index contributed by atoms with van der Waals surface area (Å²) >= 11 is 0. The summed E-state index contributed by atoms with van der Waals surface area (Å²) in [5, 5.41) is 11.3. The lowest BCUT2D eigenvalue weighted by molar-refractivity contribution is -0.0151. The molecule has 3 rings (SSSR count). The number of fused-ring (bicyclic) bond motifs is 1. The van der Waals surface area contributed by atoms with Crippen molar-refractivity contribution in [2.75, 3.05) is 40.3 Å². The molecule has 3 aromatic carbocycles. The number of hydrogen-bond acceptors (Lipinski definition) is 5. The molecule has 220 valence electrons. The Hall–Kier alpha value is -3.91. The van der Waals surface area contributed by atoms with E-state index in [0.29, 0.717) is 25.3 Å². The number of amides is 1. The molecule has 1 amide bonds. The molecule has 0 radical (unpaired) electrons. The summed E-state index contributed by atoms with van der Waals surface area (Å²) in [5.41, 5.74) is 1.35. The molecule has 7 nitrogen and oxygen atoms in total. The van der Waals surface area contributed by atoms with E-state index < -0.39 is 18.4 Å². The maximum Gasteiger partial charge on any atom is 0.412 e. The Morgan fingerprint density at radius 2 is 1.68 bits per heavy atom. The fraction of sp³-hybridized carbons (Fsp3) is 0.394. The quantitative estimate of drug-likeness (QED) is 0.225. The number of halogens is 1. The van der Waals surface area contributed by atoms with Gasteiger partial charge in [-0.05, 0) is 60.7 Å². The van der Waals surface area contributed by atoms with E-state index in [4.69, 9.17) is 9.47 Å². The number of rotatable bonds is 14. The molecule has 8 heteroatoms. The van der Waals surface area contributed by atoms with Crippen molar-refractivity contribution in [2.45, 2.75) is 40.0 Å². The third-order valence-corrected chi connectivity index (χ3v) is 6.45. The van der Waals surface area contributed by atoms with Gasteiger partial charge in [0.05, 0.1) is 5.56 Å². The van der Waals surface area contributed by atoms with E-state index in [1.807, 2.05) is 88.3 Å². The summed E-state index contributed by atoms with van der Waals surface area (Å²) in [6.07, 6.45) is 0.139. The zero-order valence-electron chi connectivity index (χ0n) is 24.6. The van der Waals surface area contributed by atoms with Gasteiger partial charge in [0.25, 0.3) is 0 Å². The number of carbonyl (C=O) groups excluding carboxylic acids is 1. The van der Waals surface area contributed by atoms with E-state index in [1.165, 1.54) is 17.0 Å². The van der Waals surface area contributed by atoms with Crippen LogP contribution >= 0.6 is 0 Å². The van der Waals surface area contributed by atoms with Gasteiger partial charge in [-0.2, -0.15) is 0 Å². The first-order chi connectivity index (χ1) is 19.5. The first-order valence-corrected chi connectivity index (χ1v) is 13.8. The van der Waals surface area contributed by atoms with Gasteiger partial charge >= 0.3 is 12.1 Å². The molecule has 0 fully saturated rings. The van der Waals surface area contributed by atoms with Crippen LogP contribution < -0.4 is 4.74 Å². The van der Waals surface area contributed by atoms with Crippen LogP contribution in [0.3, 0.4) is 0 Å². The fourth-order valence-corrected chi connectivity index (χ4v) is 4.91. The fourth-order valence-electron chi connectivity index (χ4n) is 4.91. The molecule has 0 spiro atoms. The molecule has 0 aliphatic carbocycles. The number of carboxylic acids is 1. The van der Waals surface area contributed by atoms with Crippen molar-refractivity contribution in [3.8, 4) is 5.75 Å². The van der Waals surface area contributed by atoms with Gasteiger partial charge in [0, 0.05) is 31.4 Å². The molecule has 0 saturated heterocycles. The predicted molar refractivity (Wildman–Crippen MR) is 161 cm³/mol. The Bertz CT molecular complexity index is 1330. The van der Waals surface area contributed by atoms with Crippen LogP contribution in [-0.4, -0.2) is 73.7 Å². The van der Waals surface area contributed by atoms with E-state index in [1.54, 1.807) is 12.1 Å². The minimum Gasteiger partial charge on any atom is -0.489 e. The molecular formula is C33H41FN2O5. The van der Waals surface area contributed by atoms with Crippen molar-refractivity contribution in [1.29, 1.82) is 0 Å². The second-order valence-corrected chi connectivity index (χ2v) is 11.3. The molecule has 0 heterocycles. The summed E-state index contributed by atoms with van der Waals surface area (Å²) in [7, 11) is 3.93. The van der Waals surface area contributed by atoms with Crippen LogP contribution in [0.5, 0.6) is 5.75 Å². The highest BCUT2D eigenvalue weighted by Crippen LogP contribution is 2.27. The summed E-state index contributed by atoms with van der Waals surface area (Å²) < 4.78 is 25.9. The molecular weight excluding hydrogens is 523 g/mol. The Labute approximate surface area is 242 Å². The van der Waals surface area contributed by atoms with Gasteiger partial charge in [-0.3, -0.25) is 0 Å². The smallest absolute Gasteiger partial charge is 0.412 e. The highest BCUT2D eigenvalue weighted by atomic mass is 19.1. The average molecular weight is 565 g/mol.